The molecule has 0 amide bonds. The molecule has 5 nitrogen and oxygen atoms in total. The van der Waals surface area contributed by atoms with Crippen LogP contribution in [0.4, 0.5) is 0 Å². The van der Waals surface area contributed by atoms with Crippen LogP contribution in [0.5, 0.6) is 0 Å². The van der Waals surface area contributed by atoms with Gasteiger partial charge < -0.3 is 9.64 Å². The largest absolute Gasteiger partial charge is 0.469 e. The summed E-state index contributed by atoms with van der Waals surface area (Å²) in [5, 5.41) is 0.881. The summed E-state index contributed by atoms with van der Waals surface area (Å²) in [5.41, 5.74) is 0.990. The van der Waals surface area contributed by atoms with Crippen molar-refractivity contribution in [3.05, 3.63) is 28.0 Å². The summed E-state index contributed by atoms with van der Waals surface area (Å²) < 4.78 is 4.66. The molecule has 0 unspecified atom stereocenters. The lowest BCUT2D eigenvalue weighted by molar-refractivity contribution is -0.141. The Morgan fingerprint density at radius 1 is 1.24 bits per heavy atom. The Labute approximate surface area is 134 Å². The van der Waals surface area contributed by atoms with Crippen LogP contribution in [0.3, 0.4) is 0 Å². The molecule has 1 saturated heterocycles. The van der Waals surface area contributed by atoms with E-state index in [-0.39, 0.29) is 5.97 Å². The summed E-state index contributed by atoms with van der Waals surface area (Å²) >= 11 is 11.9. The molecule has 1 aliphatic rings. The van der Waals surface area contributed by atoms with Gasteiger partial charge in [-0.15, -0.1) is 0 Å². The first-order valence-corrected chi connectivity index (χ1v) is 7.66. The molecule has 1 aliphatic heterocycles. The lowest BCUT2D eigenvalue weighted by atomic mass is 10.2. The van der Waals surface area contributed by atoms with Gasteiger partial charge in [-0.05, 0) is 6.07 Å². The summed E-state index contributed by atoms with van der Waals surface area (Å²) in [6.07, 6.45) is 0.448. The first-order valence-electron chi connectivity index (χ1n) is 6.91. The first-order chi connectivity index (χ1) is 10.1. The maximum atomic E-state index is 11.1. The number of hydrogen-bond acceptors (Lipinski definition) is 5. The zero-order chi connectivity index (χ0) is 15.2. The number of rotatable bonds is 5. The third kappa shape index (κ3) is 5.11. The Hall–Kier alpha value is -0.880. The van der Waals surface area contributed by atoms with Crippen molar-refractivity contribution < 1.29 is 9.53 Å². The predicted molar refractivity (Wildman–Crippen MR) is 82.6 cm³/mol. The summed E-state index contributed by atoms with van der Waals surface area (Å²) in [6.45, 7) is 5.29. The van der Waals surface area contributed by atoms with Crippen molar-refractivity contribution in [2.45, 2.75) is 13.0 Å². The third-order valence-corrected chi connectivity index (χ3v) is 4.15. The van der Waals surface area contributed by atoms with Crippen LogP contribution in [0.1, 0.15) is 12.0 Å². The summed E-state index contributed by atoms with van der Waals surface area (Å²) in [7, 11) is 1.42. The van der Waals surface area contributed by atoms with Crippen molar-refractivity contribution in [3.8, 4) is 0 Å². The van der Waals surface area contributed by atoms with Crippen LogP contribution in [0.2, 0.25) is 10.3 Å². The first kappa shape index (κ1) is 16.5. The molecule has 1 aromatic rings. The normalized spacial score (nSPS) is 16.9. The fourth-order valence-corrected chi connectivity index (χ4v) is 2.73. The highest BCUT2D eigenvalue weighted by Crippen LogP contribution is 2.19. The summed E-state index contributed by atoms with van der Waals surface area (Å²) in [4.78, 5) is 19.8. The van der Waals surface area contributed by atoms with Crippen LogP contribution in [0.25, 0.3) is 0 Å². The Balaban J connectivity index is 1.77. The van der Waals surface area contributed by atoms with Gasteiger partial charge >= 0.3 is 5.97 Å². The smallest absolute Gasteiger partial charge is 0.306 e. The molecule has 7 heteroatoms. The molecule has 0 N–H and O–H groups in total. The van der Waals surface area contributed by atoms with Crippen molar-refractivity contribution in [1.29, 1.82) is 0 Å². The SMILES string of the molecule is COC(=O)CCN1CCN(Cc2ccc(Cl)nc2Cl)CC1. The lowest BCUT2D eigenvalue weighted by Crippen LogP contribution is -2.46. The molecule has 2 heterocycles. The van der Waals surface area contributed by atoms with Crippen molar-refractivity contribution in [2.24, 2.45) is 0 Å². The zero-order valence-corrected chi connectivity index (χ0v) is 13.5. The van der Waals surface area contributed by atoms with E-state index >= 15 is 0 Å². The van der Waals surface area contributed by atoms with Gasteiger partial charge in [0.2, 0.25) is 0 Å². The average molecular weight is 332 g/mol. The topological polar surface area (TPSA) is 45.7 Å². The molecule has 0 radical (unpaired) electrons. The van der Waals surface area contributed by atoms with Crippen LogP contribution in [-0.2, 0) is 16.1 Å². The van der Waals surface area contributed by atoms with Gasteiger partial charge in [0.25, 0.3) is 0 Å². The molecular formula is C14H19Cl2N3O2. The Morgan fingerprint density at radius 2 is 1.90 bits per heavy atom. The number of pyridine rings is 1. The van der Waals surface area contributed by atoms with Crippen molar-refractivity contribution in [2.75, 3.05) is 39.8 Å². The van der Waals surface area contributed by atoms with Gasteiger partial charge in [0.1, 0.15) is 10.3 Å². The third-order valence-electron chi connectivity index (χ3n) is 3.61. The van der Waals surface area contributed by atoms with Gasteiger partial charge in [0.05, 0.1) is 13.5 Å². The van der Waals surface area contributed by atoms with Crippen LogP contribution in [0.15, 0.2) is 12.1 Å². The second-order valence-corrected chi connectivity index (χ2v) is 5.77. The van der Waals surface area contributed by atoms with E-state index in [2.05, 4.69) is 19.5 Å². The molecule has 0 aliphatic carbocycles. The van der Waals surface area contributed by atoms with E-state index < -0.39 is 0 Å². The van der Waals surface area contributed by atoms with Crippen LogP contribution >= 0.6 is 23.2 Å². The van der Waals surface area contributed by atoms with Crippen molar-refractivity contribution >= 4 is 29.2 Å². The molecule has 0 aromatic carbocycles. The molecule has 0 spiro atoms. The second kappa shape index (κ2) is 7.94. The van der Waals surface area contributed by atoms with Crippen LogP contribution in [-0.4, -0.2) is 60.6 Å². The highest BCUT2D eigenvalue weighted by Gasteiger charge is 2.18. The number of nitrogens with zero attached hydrogens (tertiary/aromatic N) is 3. The molecule has 1 fully saturated rings. The monoisotopic (exact) mass is 331 g/mol. The van der Waals surface area contributed by atoms with Gasteiger partial charge in [-0.2, -0.15) is 0 Å². The number of piperazine rings is 1. The van der Waals surface area contributed by atoms with Crippen LogP contribution in [0, 0.1) is 0 Å². The number of esters is 1. The number of ether oxygens (including phenoxy) is 1. The van der Waals surface area contributed by atoms with Gasteiger partial charge in [-0.3, -0.25) is 9.69 Å². The fraction of sp³-hybridized carbons (Fsp3) is 0.571. The van der Waals surface area contributed by atoms with Crippen LogP contribution < -0.4 is 0 Å². The van der Waals surface area contributed by atoms with Gasteiger partial charge in [-0.25, -0.2) is 4.98 Å². The number of carbonyl (C=O) groups excluding carboxylic acids is 1. The standard InChI is InChI=1S/C14H19Cl2N3O2/c1-21-13(20)4-5-18-6-8-19(9-7-18)10-11-2-3-12(15)17-14(11)16/h2-3H,4-10H2,1H3. The van der Waals surface area contributed by atoms with E-state index in [1.165, 1.54) is 7.11 Å². The molecular weight excluding hydrogens is 313 g/mol. The lowest BCUT2D eigenvalue weighted by Gasteiger charge is -2.34. The summed E-state index contributed by atoms with van der Waals surface area (Å²) in [6, 6.07) is 3.68. The fourth-order valence-electron chi connectivity index (χ4n) is 2.32. The van der Waals surface area contributed by atoms with E-state index in [4.69, 9.17) is 23.2 Å². The maximum absolute atomic E-state index is 11.1. The molecule has 0 bridgehead atoms. The highest BCUT2D eigenvalue weighted by molar-refractivity contribution is 6.32. The minimum atomic E-state index is -0.156. The van der Waals surface area contributed by atoms with E-state index in [0.29, 0.717) is 16.7 Å². The van der Waals surface area contributed by atoms with Crippen molar-refractivity contribution in [3.63, 3.8) is 0 Å². The van der Waals surface area contributed by atoms with Gasteiger partial charge in [0.15, 0.2) is 0 Å². The van der Waals surface area contributed by atoms with Gasteiger partial charge in [0, 0.05) is 44.8 Å². The van der Waals surface area contributed by atoms with E-state index in [1.54, 1.807) is 6.07 Å². The molecule has 0 saturated carbocycles. The molecule has 2 rings (SSSR count). The van der Waals surface area contributed by atoms with Gasteiger partial charge in [-0.1, -0.05) is 29.3 Å². The number of aromatic nitrogens is 1. The second-order valence-electron chi connectivity index (χ2n) is 5.03. The minimum Gasteiger partial charge on any atom is -0.469 e. The average Bonchev–Trinajstić information content (AvgIpc) is 2.49. The molecule has 0 atom stereocenters. The maximum Gasteiger partial charge on any atom is 0.306 e. The predicted octanol–water partition coefficient (Wildman–Crippen LogP) is 2.07. The number of halogens is 2. The van der Waals surface area contributed by atoms with Crippen molar-refractivity contribution in [1.82, 2.24) is 14.8 Å². The van der Waals surface area contributed by atoms with E-state index in [0.717, 1.165) is 44.8 Å². The summed E-state index contributed by atoms with van der Waals surface area (Å²) in [5.74, 6) is -0.156. The Kier molecular flexibility index (Phi) is 6.23. The van der Waals surface area contributed by atoms with E-state index in [1.807, 2.05) is 6.07 Å². The van der Waals surface area contributed by atoms with E-state index in [9.17, 15) is 4.79 Å². The molecule has 21 heavy (non-hydrogen) atoms. The molecule has 1 aromatic heterocycles. The molecule has 116 valence electrons. The zero-order valence-electron chi connectivity index (χ0n) is 12.0. The number of hydrogen-bond donors (Lipinski definition) is 0. The Morgan fingerprint density at radius 3 is 2.52 bits per heavy atom. The Bertz CT molecular complexity index is 491. The number of carbonyl (C=O) groups is 1. The number of methoxy groups -OCH3 is 1. The minimum absolute atomic E-state index is 0.156. The highest BCUT2D eigenvalue weighted by atomic mass is 35.5. The quantitative estimate of drug-likeness (QED) is 0.610.